The van der Waals surface area contributed by atoms with Crippen LogP contribution in [0.3, 0.4) is 0 Å². The largest absolute Gasteiger partial charge is 0.354 e. The van der Waals surface area contributed by atoms with Gasteiger partial charge in [-0.15, -0.1) is 0 Å². The van der Waals surface area contributed by atoms with E-state index in [1.54, 1.807) is 0 Å². The highest BCUT2D eigenvalue weighted by atomic mass is 15.1. The third-order valence-electron chi connectivity index (χ3n) is 2.32. The van der Waals surface area contributed by atoms with Crippen LogP contribution in [0.1, 0.15) is 11.1 Å². The van der Waals surface area contributed by atoms with Crippen molar-refractivity contribution in [3.05, 3.63) is 53.9 Å². The molecule has 0 bridgehead atoms. The summed E-state index contributed by atoms with van der Waals surface area (Å²) in [5, 5.41) is 11.7. The summed E-state index contributed by atoms with van der Waals surface area (Å²) in [4.78, 5) is 8.07. The highest BCUT2D eigenvalue weighted by Crippen LogP contribution is 2.02. The van der Waals surface area contributed by atoms with E-state index in [4.69, 9.17) is 5.26 Å². The smallest absolute Gasteiger partial charge is 0.222 e. The van der Waals surface area contributed by atoms with E-state index in [0.29, 0.717) is 11.5 Å². The lowest BCUT2D eigenvalue weighted by atomic mass is 10.1. The van der Waals surface area contributed by atoms with E-state index in [1.807, 2.05) is 24.3 Å². The summed E-state index contributed by atoms with van der Waals surface area (Å²) in [6.07, 6.45) is 3.94. The summed E-state index contributed by atoms with van der Waals surface area (Å²) >= 11 is 0. The van der Waals surface area contributed by atoms with Gasteiger partial charge >= 0.3 is 0 Å². The molecule has 0 aliphatic heterocycles. The monoisotopic (exact) mass is 224 g/mol. The molecule has 0 fully saturated rings. The molecule has 0 aliphatic rings. The van der Waals surface area contributed by atoms with Crippen LogP contribution in [0, 0.1) is 11.3 Å². The SMILES string of the molecule is N#Cc1cnc(NCCc2ccccc2)nc1. The molecule has 4 nitrogen and oxygen atoms in total. The topological polar surface area (TPSA) is 61.6 Å². The van der Waals surface area contributed by atoms with Gasteiger partial charge in [0.2, 0.25) is 5.95 Å². The Kier molecular flexibility index (Phi) is 3.66. The fourth-order valence-electron chi connectivity index (χ4n) is 1.44. The minimum Gasteiger partial charge on any atom is -0.354 e. The quantitative estimate of drug-likeness (QED) is 0.862. The number of nitrogens with zero attached hydrogens (tertiary/aromatic N) is 3. The highest BCUT2D eigenvalue weighted by Gasteiger charge is 1.96. The standard InChI is InChI=1S/C13H12N4/c14-8-12-9-16-13(17-10-12)15-7-6-11-4-2-1-3-5-11/h1-5,9-10H,6-7H2,(H,15,16,17). The summed E-state index contributed by atoms with van der Waals surface area (Å²) < 4.78 is 0. The van der Waals surface area contributed by atoms with Crippen LogP contribution in [0.2, 0.25) is 0 Å². The van der Waals surface area contributed by atoms with Crippen molar-refractivity contribution in [2.24, 2.45) is 0 Å². The molecule has 0 aliphatic carbocycles. The number of benzene rings is 1. The van der Waals surface area contributed by atoms with Gasteiger partial charge in [0.25, 0.3) is 0 Å². The van der Waals surface area contributed by atoms with Crippen molar-refractivity contribution in [1.82, 2.24) is 9.97 Å². The van der Waals surface area contributed by atoms with Crippen LogP contribution in [-0.4, -0.2) is 16.5 Å². The maximum atomic E-state index is 8.60. The van der Waals surface area contributed by atoms with Gasteiger partial charge in [-0.3, -0.25) is 0 Å². The van der Waals surface area contributed by atoms with Gasteiger partial charge in [-0.25, -0.2) is 9.97 Å². The minimum absolute atomic E-state index is 0.471. The van der Waals surface area contributed by atoms with Crippen LogP contribution < -0.4 is 5.32 Å². The fourth-order valence-corrected chi connectivity index (χ4v) is 1.44. The summed E-state index contributed by atoms with van der Waals surface area (Å²) in [6, 6.07) is 12.2. The van der Waals surface area contributed by atoms with E-state index >= 15 is 0 Å². The Hall–Kier alpha value is -2.41. The van der Waals surface area contributed by atoms with Crippen LogP contribution in [0.15, 0.2) is 42.7 Å². The Bertz CT molecular complexity index is 499. The Morgan fingerprint density at radius 2 is 1.82 bits per heavy atom. The first-order valence-corrected chi connectivity index (χ1v) is 5.38. The zero-order valence-corrected chi connectivity index (χ0v) is 9.30. The Labute approximate surface area is 100.0 Å². The van der Waals surface area contributed by atoms with E-state index in [-0.39, 0.29) is 0 Å². The zero-order chi connectivity index (χ0) is 11.9. The minimum atomic E-state index is 0.471. The lowest BCUT2D eigenvalue weighted by Gasteiger charge is -2.04. The molecule has 1 aromatic carbocycles. The molecule has 0 spiro atoms. The Morgan fingerprint density at radius 1 is 1.12 bits per heavy atom. The van der Waals surface area contributed by atoms with Crippen molar-refractivity contribution >= 4 is 5.95 Å². The van der Waals surface area contributed by atoms with Gasteiger partial charge in [0.15, 0.2) is 0 Å². The first-order chi connectivity index (χ1) is 8.38. The number of nitriles is 1. The predicted molar refractivity (Wildman–Crippen MR) is 65.4 cm³/mol. The van der Waals surface area contributed by atoms with Gasteiger partial charge in [-0.05, 0) is 12.0 Å². The highest BCUT2D eigenvalue weighted by molar-refractivity contribution is 5.30. The van der Waals surface area contributed by atoms with Gasteiger partial charge in [-0.2, -0.15) is 5.26 Å². The van der Waals surface area contributed by atoms with Crippen LogP contribution in [0.4, 0.5) is 5.95 Å². The number of hydrogen-bond acceptors (Lipinski definition) is 4. The molecule has 1 N–H and O–H groups in total. The molecule has 0 saturated carbocycles. The average molecular weight is 224 g/mol. The molecule has 0 radical (unpaired) electrons. The normalized spacial score (nSPS) is 9.59. The van der Waals surface area contributed by atoms with E-state index in [2.05, 4.69) is 27.4 Å². The molecule has 1 heterocycles. The molecular weight excluding hydrogens is 212 g/mol. The van der Waals surface area contributed by atoms with Crippen LogP contribution in [-0.2, 0) is 6.42 Å². The molecule has 4 heteroatoms. The lowest BCUT2D eigenvalue weighted by molar-refractivity contribution is 0.982. The van der Waals surface area contributed by atoms with E-state index < -0.39 is 0 Å². The van der Waals surface area contributed by atoms with Crippen molar-refractivity contribution in [3.8, 4) is 6.07 Å². The second kappa shape index (κ2) is 5.61. The molecule has 0 amide bonds. The van der Waals surface area contributed by atoms with Gasteiger partial charge < -0.3 is 5.32 Å². The molecule has 17 heavy (non-hydrogen) atoms. The van der Waals surface area contributed by atoms with Gasteiger partial charge in [0, 0.05) is 6.54 Å². The summed E-state index contributed by atoms with van der Waals surface area (Å²) in [6.45, 7) is 0.774. The second-order valence-electron chi connectivity index (χ2n) is 3.57. The Morgan fingerprint density at radius 3 is 2.47 bits per heavy atom. The van der Waals surface area contributed by atoms with Crippen molar-refractivity contribution < 1.29 is 0 Å². The maximum Gasteiger partial charge on any atom is 0.222 e. The van der Waals surface area contributed by atoms with Gasteiger partial charge in [-0.1, -0.05) is 30.3 Å². The molecule has 0 unspecified atom stereocenters. The zero-order valence-electron chi connectivity index (χ0n) is 9.30. The molecule has 0 atom stereocenters. The molecule has 2 aromatic rings. The predicted octanol–water partition coefficient (Wildman–Crippen LogP) is 2.00. The first kappa shape index (κ1) is 11.1. The lowest BCUT2D eigenvalue weighted by Crippen LogP contribution is -2.07. The number of rotatable bonds is 4. The number of anilines is 1. The van der Waals surface area contributed by atoms with Gasteiger partial charge in [0.05, 0.1) is 18.0 Å². The third kappa shape index (κ3) is 3.28. The maximum absolute atomic E-state index is 8.60. The Balaban J connectivity index is 1.84. The van der Waals surface area contributed by atoms with Crippen molar-refractivity contribution in [2.75, 3.05) is 11.9 Å². The number of nitrogens with one attached hydrogen (secondary N) is 1. The average Bonchev–Trinajstić information content (AvgIpc) is 2.41. The van der Waals surface area contributed by atoms with Crippen LogP contribution in [0.5, 0.6) is 0 Å². The summed E-state index contributed by atoms with van der Waals surface area (Å²) in [5.41, 5.74) is 1.74. The van der Waals surface area contributed by atoms with Crippen molar-refractivity contribution in [1.29, 1.82) is 5.26 Å². The molecular formula is C13H12N4. The van der Waals surface area contributed by atoms with Crippen molar-refractivity contribution in [2.45, 2.75) is 6.42 Å². The van der Waals surface area contributed by atoms with Gasteiger partial charge in [0.1, 0.15) is 6.07 Å². The third-order valence-corrected chi connectivity index (χ3v) is 2.32. The first-order valence-electron chi connectivity index (χ1n) is 5.38. The van der Waals surface area contributed by atoms with Crippen molar-refractivity contribution in [3.63, 3.8) is 0 Å². The van der Waals surface area contributed by atoms with E-state index in [9.17, 15) is 0 Å². The van der Waals surface area contributed by atoms with E-state index in [1.165, 1.54) is 18.0 Å². The molecule has 0 saturated heterocycles. The van der Waals surface area contributed by atoms with E-state index in [0.717, 1.165) is 13.0 Å². The number of hydrogen-bond donors (Lipinski definition) is 1. The second-order valence-corrected chi connectivity index (χ2v) is 3.57. The summed E-state index contributed by atoms with van der Waals surface area (Å²) in [5.74, 6) is 0.555. The van der Waals surface area contributed by atoms with Crippen LogP contribution >= 0.6 is 0 Å². The molecule has 2 rings (SSSR count). The molecule has 1 aromatic heterocycles. The molecule has 84 valence electrons. The summed E-state index contributed by atoms with van der Waals surface area (Å²) in [7, 11) is 0. The number of aromatic nitrogens is 2. The van der Waals surface area contributed by atoms with Crippen LogP contribution in [0.25, 0.3) is 0 Å². The fraction of sp³-hybridized carbons (Fsp3) is 0.154.